The Labute approximate surface area is 163 Å². The van der Waals surface area contributed by atoms with Crippen molar-refractivity contribution in [2.75, 3.05) is 18.0 Å². The number of anilines is 1. The van der Waals surface area contributed by atoms with Crippen molar-refractivity contribution in [1.82, 2.24) is 14.5 Å². The number of carbonyl (C=O) groups is 1. The number of hydrogen-bond donors (Lipinski definition) is 1. The molecule has 0 amide bonds. The van der Waals surface area contributed by atoms with Gasteiger partial charge in [0.1, 0.15) is 11.6 Å². The molecule has 0 unspecified atom stereocenters. The lowest BCUT2D eigenvalue weighted by molar-refractivity contribution is 0.0699. The van der Waals surface area contributed by atoms with E-state index < -0.39 is 5.97 Å². The largest absolute Gasteiger partial charge is 0.478 e. The fraction of sp³-hybridized carbons (Fsp3) is 0.409. The first-order chi connectivity index (χ1) is 13.7. The normalized spacial score (nSPS) is 19.9. The third-order valence-corrected chi connectivity index (χ3v) is 5.94. The minimum atomic E-state index is -0.909. The van der Waals surface area contributed by atoms with Crippen LogP contribution in [0.4, 0.5) is 5.82 Å². The molecule has 6 nitrogen and oxygen atoms in total. The van der Waals surface area contributed by atoms with E-state index in [1.165, 1.54) is 12.8 Å². The van der Waals surface area contributed by atoms with Crippen LogP contribution in [-0.4, -0.2) is 38.7 Å². The van der Waals surface area contributed by atoms with Gasteiger partial charge in [0.15, 0.2) is 0 Å². The quantitative estimate of drug-likeness (QED) is 0.731. The van der Waals surface area contributed by atoms with Crippen LogP contribution in [0, 0.1) is 5.92 Å². The fourth-order valence-corrected chi connectivity index (χ4v) is 4.31. The average Bonchev–Trinajstić information content (AvgIpc) is 3.42. The first kappa shape index (κ1) is 17.2. The van der Waals surface area contributed by atoms with Gasteiger partial charge in [0, 0.05) is 43.3 Å². The van der Waals surface area contributed by atoms with E-state index >= 15 is 0 Å². The summed E-state index contributed by atoms with van der Waals surface area (Å²) in [5.74, 6) is 2.17. The molecule has 3 heterocycles. The summed E-state index contributed by atoms with van der Waals surface area (Å²) in [7, 11) is 0. The van der Waals surface area contributed by atoms with Gasteiger partial charge < -0.3 is 14.6 Å². The maximum absolute atomic E-state index is 11.8. The summed E-state index contributed by atoms with van der Waals surface area (Å²) in [6.07, 6.45) is 8.83. The Kier molecular flexibility index (Phi) is 4.26. The number of piperidine rings is 1. The van der Waals surface area contributed by atoms with Gasteiger partial charge in [-0.25, -0.2) is 14.8 Å². The Morgan fingerprint density at radius 1 is 1.21 bits per heavy atom. The lowest BCUT2D eigenvalue weighted by Crippen LogP contribution is -2.36. The van der Waals surface area contributed by atoms with Crippen molar-refractivity contribution >= 4 is 22.7 Å². The molecule has 1 aliphatic heterocycles. The van der Waals surface area contributed by atoms with Crippen LogP contribution in [0.3, 0.4) is 0 Å². The van der Waals surface area contributed by atoms with Crippen molar-refractivity contribution in [2.45, 2.75) is 38.1 Å². The number of aromatic nitrogens is 3. The molecule has 1 saturated heterocycles. The van der Waals surface area contributed by atoms with Crippen LogP contribution in [-0.2, 0) is 6.54 Å². The predicted octanol–water partition coefficient (Wildman–Crippen LogP) is 3.92. The monoisotopic (exact) mass is 376 g/mol. The number of imidazole rings is 1. The van der Waals surface area contributed by atoms with Crippen LogP contribution in [0.1, 0.15) is 47.8 Å². The van der Waals surface area contributed by atoms with Crippen molar-refractivity contribution in [1.29, 1.82) is 0 Å². The minimum Gasteiger partial charge on any atom is -0.478 e. The third kappa shape index (κ3) is 3.23. The minimum absolute atomic E-state index is 0.318. The Bertz CT molecular complexity index is 1020. The summed E-state index contributed by atoms with van der Waals surface area (Å²) >= 11 is 0. The molecule has 1 aliphatic carbocycles. The van der Waals surface area contributed by atoms with Crippen LogP contribution in [0.25, 0.3) is 10.9 Å². The van der Waals surface area contributed by atoms with E-state index in [-0.39, 0.29) is 0 Å². The number of pyridine rings is 1. The number of carboxylic acid groups (broad SMARTS) is 1. The molecule has 1 aromatic carbocycles. The van der Waals surface area contributed by atoms with Crippen molar-refractivity contribution in [3.63, 3.8) is 0 Å². The highest BCUT2D eigenvalue weighted by molar-refractivity contribution is 6.03. The van der Waals surface area contributed by atoms with Crippen LogP contribution >= 0.6 is 0 Å². The van der Waals surface area contributed by atoms with Gasteiger partial charge in [-0.1, -0.05) is 18.2 Å². The van der Waals surface area contributed by atoms with Crippen LogP contribution in [0.5, 0.6) is 0 Å². The summed E-state index contributed by atoms with van der Waals surface area (Å²) in [6.45, 7) is 2.79. The molecule has 144 valence electrons. The number of para-hydroxylation sites is 1. The van der Waals surface area contributed by atoms with E-state index in [2.05, 4.69) is 20.6 Å². The zero-order valence-electron chi connectivity index (χ0n) is 15.8. The van der Waals surface area contributed by atoms with Gasteiger partial charge in [-0.2, -0.15) is 0 Å². The van der Waals surface area contributed by atoms with Crippen molar-refractivity contribution in [3.05, 3.63) is 54.1 Å². The van der Waals surface area contributed by atoms with E-state index in [4.69, 9.17) is 4.98 Å². The van der Waals surface area contributed by atoms with E-state index in [0.29, 0.717) is 16.9 Å². The molecular weight excluding hydrogens is 352 g/mol. The SMILES string of the molecule is O=C(O)c1cc(N2CCC[C@@H](c3nccn3CC3CC3)C2)nc2ccccc12. The van der Waals surface area contributed by atoms with E-state index in [1.54, 1.807) is 6.07 Å². The van der Waals surface area contributed by atoms with Crippen LogP contribution in [0.2, 0.25) is 0 Å². The van der Waals surface area contributed by atoms with Crippen molar-refractivity contribution < 1.29 is 9.90 Å². The lowest BCUT2D eigenvalue weighted by Gasteiger charge is -2.34. The lowest BCUT2D eigenvalue weighted by atomic mass is 9.96. The highest BCUT2D eigenvalue weighted by Gasteiger charge is 2.28. The summed E-state index contributed by atoms with van der Waals surface area (Å²) in [6, 6.07) is 9.19. The van der Waals surface area contributed by atoms with E-state index in [1.807, 2.05) is 30.5 Å². The number of aromatic carboxylic acids is 1. The Balaban J connectivity index is 1.45. The summed E-state index contributed by atoms with van der Waals surface area (Å²) < 4.78 is 2.32. The van der Waals surface area contributed by atoms with Gasteiger partial charge in [0.2, 0.25) is 0 Å². The molecule has 1 N–H and O–H groups in total. The highest BCUT2D eigenvalue weighted by atomic mass is 16.4. The number of benzene rings is 1. The molecule has 3 aromatic rings. The molecular formula is C22H24N4O2. The molecule has 6 heteroatoms. The number of carboxylic acids is 1. The van der Waals surface area contributed by atoms with Gasteiger partial charge in [0.25, 0.3) is 0 Å². The van der Waals surface area contributed by atoms with E-state index in [0.717, 1.165) is 55.6 Å². The standard InChI is InChI=1S/C22H24N4O2/c27-22(28)18-12-20(24-19-6-2-1-5-17(18)19)25-10-3-4-16(14-25)21-23-9-11-26(21)13-15-7-8-15/h1-2,5-6,9,11-12,15-16H,3-4,7-8,10,13-14H2,(H,27,28)/t16-/m1/s1. The predicted molar refractivity (Wildman–Crippen MR) is 108 cm³/mol. The second kappa shape index (κ2) is 6.93. The molecule has 2 fully saturated rings. The molecule has 0 bridgehead atoms. The van der Waals surface area contributed by atoms with Crippen LogP contribution in [0.15, 0.2) is 42.7 Å². The topological polar surface area (TPSA) is 71.2 Å². The average molecular weight is 376 g/mol. The molecule has 28 heavy (non-hydrogen) atoms. The maximum Gasteiger partial charge on any atom is 0.336 e. The number of fused-ring (bicyclic) bond motifs is 1. The molecule has 2 aliphatic rings. The maximum atomic E-state index is 11.8. The molecule has 5 rings (SSSR count). The third-order valence-electron chi connectivity index (χ3n) is 5.94. The molecule has 1 atom stereocenters. The number of hydrogen-bond acceptors (Lipinski definition) is 4. The van der Waals surface area contributed by atoms with Gasteiger partial charge >= 0.3 is 5.97 Å². The van der Waals surface area contributed by atoms with Crippen molar-refractivity contribution in [3.8, 4) is 0 Å². The molecule has 1 saturated carbocycles. The Morgan fingerprint density at radius 3 is 2.89 bits per heavy atom. The van der Waals surface area contributed by atoms with E-state index in [9.17, 15) is 9.90 Å². The molecule has 0 radical (unpaired) electrons. The van der Waals surface area contributed by atoms with Gasteiger partial charge in [-0.05, 0) is 43.7 Å². The summed E-state index contributed by atoms with van der Waals surface area (Å²) in [5, 5.41) is 10.4. The smallest absolute Gasteiger partial charge is 0.336 e. The fourth-order valence-electron chi connectivity index (χ4n) is 4.31. The second-order valence-electron chi connectivity index (χ2n) is 8.02. The Hall–Kier alpha value is -2.89. The zero-order valence-corrected chi connectivity index (χ0v) is 15.8. The highest BCUT2D eigenvalue weighted by Crippen LogP contribution is 2.34. The zero-order chi connectivity index (χ0) is 19.1. The Morgan fingerprint density at radius 2 is 2.07 bits per heavy atom. The summed E-state index contributed by atoms with van der Waals surface area (Å²) in [5.41, 5.74) is 1.05. The number of rotatable bonds is 5. The van der Waals surface area contributed by atoms with Crippen LogP contribution < -0.4 is 4.90 Å². The van der Waals surface area contributed by atoms with Gasteiger partial charge in [-0.3, -0.25) is 0 Å². The van der Waals surface area contributed by atoms with Gasteiger partial charge in [0.05, 0.1) is 11.1 Å². The molecule has 2 aromatic heterocycles. The molecule has 0 spiro atoms. The van der Waals surface area contributed by atoms with Crippen molar-refractivity contribution in [2.24, 2.45) is 5.92 Å². The van der Waals surface area contributed by atoms with Gasteiger partial charge in [-0.15, -0.1) is 0 Å². The number of nitrogens with zero attached hydrogens (tertiary/aromatic N) is 4. The second-order valence-corrected chi connectivity index (χ2v) is 8.02. The first-order valence-electron chi connectivity index (χ1n) is 10.1. The summed E-state index contributed by atoms with van der Waals surface area (Å²) in [4.78, 5) is 23.5. The first-order valence-corrected chi connectivity index (χ1v) is 10.1.